The highest BCUT2D eigenvalue weighted by molar-refractivity contribution is 5.94. The lowest BCUT2D eigenvalue weighted by atomic mass is 9.85. The van der Waals surface area contributed by atoms with Crippen molar-refractivity contribution in [2.75, 3.05) is 6.61 Å². The van der Waals surface area contributed by atoms with Crippen molar-refractivity contribution in [2.24, 2.45) is 5.41 Å². The largest absolute Gasteiger partial charge is 0.396 e. The fraction of sp³-hybridized carbons (Fsp3) is 0.500. The van der Waals surface area contributed by atoms with Gasteiger partial charge < -0.3 is 10.4 Å². The molecular formula is C14H15F4NO2. The Bertz CT molecular complexity index is 579. The molecule has 1 aliphatic carbocycles. The first-order valence-corrected chi connectivity index (χ1v) is 6.55. The molecule has 2 atom stereocenters. The summed E-state index contributed by atoms with van der Waals surface area (Å²) in [6, 6.07) is -0.112. The van der Waals surface area contributed by atoms with E-state index in [0.717, 1.165) is 6.42 Å². The molecule has 1 fully saturated rings. The van der Waals surface area contributed by atoms with E-state index >= 15 is 0 Å². The van der Waals surface area contributed by atoms with Crippen LogP contribution in [0.2, 0.25) is 0 Å². The monoisotopic (exact) mass is 305 g/mol. The highest BCUT2D eigenvalue weighted by Crippen LogP contribution is 2.37. The lowest BCUT2D eigenvalue weighted by Crippen LogP contribution is -2.45. The van der Waals surface area contributed by atoms with Crippen LogP contribution in [0.1, 0.15) is 36.5 Å². The standard InChI is InChI=1S/C14H15F4NO2/c1-14(6-20)4-2-3-9(14)19-13(21)7-5-8(15)11(17)12(18)10(7)16/h5,9,20H,2-4,6H2,1H3,(H,19,21). The Kier molecular flexibility index (Phi) is 4.22. The van der Waals surface area contributed by atoms with Crippen molar-refractivity contribution in [3.63, 3.8) is 0 Å². The quantitative estimate of drug-likeness (QED) is 0.512. The number of aliphatic hydroxyl groups is 1. The number of benzene rings is 1. The molecule has 1 aliphatic rings. The van der Waals surface area contributed by atoms with E-state index in [0.29, 0.717) is 18.9 Å². The summed E-state index contributed by atoms with van der Waals surface area (Å²) in [5, 5.41) is 11.8. The molecule has 1 amide bonds. The third-order valence-corrected chi connectivity index (χ3v) is 4.10. The molecule has 1 aromatic carbocycles. The van der Waals surface area contributed by atoms with Gasteiger partial charge in [-0.3, -0.25) is 4.79 Å². The molecule has 0 aromatic heterocycles. The minimum absolute atomic E-state index is 0.174. The Morgan fingerprint density at radius 3 is 2.62 bits per heavy atom. The molecule has 2 N–H and O–H groups in total. The van der Waals surface area contributed by atoms with Crippen molar-refractivity contribution >= 4 is 5.91 Å². The van der Waals surface area contributed by atoms with Gasteiger partial charge in [0.05, 0.1) is 12.2 Å². The average molecular weight is 305 g/mol. The molecule has 7 heteroatoms. The minimum atomic E-state index is -2.02. The van der Waals surface area contributed by atoms with E-state index in [-0.39, 0.29) is 6.61 Å². The van der Waals surface area contributed by atoms with Crippen LogP contribution >= 0.6 is 0 Å². The molecule has 0 bridgehead atoms. The average Bonchev–Trinajstić information content (AvgIpc) is 2.82. The maximum atomic E-state index is 13.5. The molecule has 1 saturated carbocycles. The summed E-state index contributed by atoms with van der Waals surface area (Å²) in [5.41, 5.74) is -1.46. The van der Waals surface area contributed by atoms with Crippen LogP contribution in [0, 0.1) is 28.7 Å². The number of carbonyl (C=O) groups is 1. The van der Waals surface area contributed by atoms with E-state index < -0.39 is 46.2 Å². The molecule has 116 valence electrons. The van der Waals surface area contributed by atoms with Crippen LogP contribution in [0.25, 0.3) is 0 Å². The van der Waals surface area contributed by atoms with E-state index in [9.17, 15) is 27.5 Å². The molecule has 0 aliphatic heterocycles. The number of hydrogen-bond donors (Lipinski definition) is 2. The number of nitrogens with one attached hydrogen (secondary N) is 1. The predicted octanol–water partition coefficient (Wildman–Crippen LogP) is 2.52. The maximum absolute atomic E-state index is 13.5. The first-order valence-electron chi connectivity index (χ1n) is 6.55. The van der Waals surface area contributed by atoms with Crippen molar-refractivity contribution < 1.29 is 27.5 Å². The van der Waals surface area contributed by atoms with Crippen LogP contribution in [-0.2, 0) is 0 Å². The lowest BCUT2D eigenvalue weighted by Gasteiger charge is -2.30. The van der Waals surface area contributed by atoms with Crippen LogP contribution < -0.4 is 5.32 Å². The molecule has 2 unspecified atom stereocenters. The van der Waals surface area contributed by atoms with Crippen molar-refractivity contribution in [3.8, 4) is 0 Å². The fourth-order valence-corrected chi connectivity index (χ4v) is 2.64. The number of hydrogen-bond acceptors (Lipinski definition) is 2. The second-order valence-corrected chi connectivity index (χ2v) is 5.58. The van der Waals surface area contributed by atoms with Gasteiger partial charge in [0.2, 0.25) is 0 Å². The molecule has 2 rings (SSSR count). The van der Waals surface area contributed by atoms with Gasteiger partial charge in [-0.05, 0) is 18.9 Å². The van der Waals surface area contributed by atoms with Crippen LogP contribution in [0.3, 0.4) is 0 Å². The van der Waals surface area contributed by atoms with E-state index in [2.05, 4.69) is 5.32 Å². The second kappa shape index (κ2) is 5.63. The van der Waals surface area contributed by atoms with E-state index in [1.54, 1.807) is 6.92 Å². The number of rotatable bonds is 3. The Balaban J connectivity index is 2.26. The van der Waals surface area contributed by atoms with E-state index in [4.69, 9.17) is 0 Å². The van der Waals surface area contributed by atoms with Crippen molar-refractivity contribution in [1.29, 1.82) is 0 Å². The number of halogens is 4. The smallest absolute Gasteiger partial charge is 0.254 e. The first-order chi connectivity index (χ1) is 9.80. The second-order valence-electron chi connectivity index (χ2n) is 5.58. The third kappa shape index (κ3) is 2.74. The predicted molar refractivity (Wildman–Crippen MR) is 66.6 cm³/mol. The molecule has 0 radical (unpaired) electrons. The zero-order valence-corrected chi connectivity index (χ0v) is 11.4. The summed E-state index contributed by atoms with van der Waals surface area (Å²) in [6.07, 6.45) is 2.00. The van der Waals surface area contributed by atoms with E-state index in [1.807, 2.05) is 0 Å². The molecule has 21 heavy (non-hydrogen) atoms. The van der Waals surface area contributed by atoms with Gasteiger partial charge in [0, 0.05) is 11.5 Å². The summed E-state index contributed by atoms with van der Waals surface area (Å²) >= 11 is 0. The van der Waals surface area contributed by atoms with Crippen molar-refractivity contribution in [3.05, 3.63) is 34.9 Å². The normalized spacial score (nSPS) is 25.1. The summed E-state index contributed by atoms with van der Waals surface area (Å²) in [5.74, 6) is -8.36. The fourth-order valence-electron chi connectivity index (χ4n) is 2.64. The zero-order valence-electron chi connectivity index (χ0n) is 11.4. The summed E-state index contributed by atoms with van der Waals surface area (Å²) in [7, 11) is 0. The SMILES string of the molecule is CC1(CO)CCCC1NC(=O)c1cc(F)c(F)c(F)c1F. The van der Waals surface area contributed by atoms with Crippen molar-refractivity contribution in [1.82, 2.24) is 5.32 Å². The first kappa shape index (κ1) is 15.8. The number of carbonyl (C=O) groups excluding carboxylic acids is 1. The molecule has 0 saturated heterocycles. The Hall–Kier alpha value is -1.63. The van der Waals surface area contributed by atoms with Gasteiger partial charge in [-0.15, -0.1) is 0 Å². The van der Waals surface area contributed by atoms with E-state index in [1.165, 1.54) is 0 Å². The van der Waals surface area contributed by atoms with Crippen molar-refractivity contribution in [2.45, 2.75) is 32.2 Å². The van der Waals surface area contributed by atoms with Crippen LogP contribution in [0.5, 0.6) is 0 Å². The Morgan fingerprint density at radius 1 is 1.33 bits per heavy atom. The summed E-state index contributed by atoms with van der Waals surface area (Å²) in [4.78, 5) is 12.0. The van der Waals surface area contributed by atoms with Gasteiger partial charge in [-0.25, -0.2) is 17.6 Å². The van der Waals surface area contributed by atoms with Gasteiger partial charge in [0.15, 0.2) is 23.3 Å². The zero-order chi connectivity index (χ0) is 15.8. The molecule has 0 heterocycles. The van der Waals surface area contributed by atoms with Crippen LogP contribution in [-0.4, -0.2) is 23.7 Å². The maximum Gasteiger partial charge on any atom is 0.254 e. The Labute approximate surface area is 119 Å². The number of aliphatic hydroxyl groups excluding tert-OH is 1. The molecule has 3 nitrogen and oxygen atoms in total. The van der Waals surface area contributed by atoms with Crippen LogP contribution in [0.4, 0.5) is 17.6 Å². The van der Waals surface area contributed by atoms with Gasteiger partial charge in [0.1, 0.15) is 0 Å². The third-order valence-electron chi connectivity index (χ3n) is 4.10. The molecule has 0 spiro atoms. The number of amides is 1. The topological polar surface area (TPSA) is 49.3 Å². The molecule has 1 aromatic rings. The highest BCUT2D eigenvalue weighted by Gasteiger charge is 2.39. The minimum Gasteiger partial charge on any atom is -0.396 e. The van der Waals surface area contributed by atoms with Crippen LogP contribution in [0.15, 0.2) is 6.07 Å². The summed E-state index contributed by atoms with van der Waals surface area (Å²) in [6.45, 7) is 1.58. The van der Waals surface area contributed by atoms with Gasteiger partial charge >= 0.3 is 0 Å². The molecular weight excluding hydrogens is 290 g/mol. The van der Waals surface area contributed by atoms with Gasteiger partial charge in [-0.1, -0.05) is 13.3 Å². The van der Waals surface area contributed by atoms with Gasteiger partial charge in [0.25, 0.3) is 5.91 Å². The highest BCUT2D eigenvalue weighted by atomic mass is 19.2. The van der Waals surface area contributed by atoms with Gasteiger partial charge in [-0.2, -0.15) is 0 Å². The summed E-state index contributed by atoms with van der Waals surface area (Å²) < 4.78 is 52.7. The lowest BCUT2D eigenvalue weighted by molar-refractivity contribution is 0.0825. The Morgan fingerprint density at radius 2 is 2.00 bits per heavy atom.